The fraction of sp³-hybridized carbons (Fsp3) is 0.448. The molecule has 2 N–H and O–H groups in total. The number of aromatic nitrogens is 4. The number of carbonyl (C=O) groups excluding carboxylic acids is 2. The molecule has 1 atom stereocenters. The minimum Gasteiger partial charge on any atom is -0.354 e. The van der Waals surface area contributed by atoms with Crippen LogP contribution in [-0.2, 0) is 9.59 Å². The Bertz CT molecular complexity index is 1480. The Morgan fingerprint density at radius 1 is 1.05 bits per heavy atom. The number of H-pyrrole nitrogens is 2. The maximum atomic E-state index is 13.2. The average Bonchev–Trinajstić information content (AvgIpc) is 3.65. The molecule has 6 rings (SSSR count). The summed E-state index contributed by atoms with van der Waals surface area (Å²) in [6, 6.07) is 8.58. The Hall–Kier alpha value is -3.68. The third kappa shape index (κ3) is 4.08. The molecule has 2 aliphatic rings. The summed E-state index contributed by atoms with van der Waals surface area (Å²) in [4.78, 5) is 37.0. The zero-order chi connectivity index (χ0) is 25.7. The van der Waals surface area contributed by atoms with Crippen LogP contribution in [0.1, 0.15) is 69.4 Å². The van der Waals surface area contributed by atoms with E-state index in [-0.39, 0.29) is 17.9 Å². The second kappa shape index (κ2) is 9.32. The minimum atomic E-state index is -0.271. The van der Waals surface area contributed by atoms with Gasteiger partial charge in [0.2, 0.25) is 11.8 Å². The lowest BCUT2D eigenvalue weighted by Crippen LogP contribution is -2.49. The number of piperidine rings is 1. The molecule has 5 heterocycles. The van der Waals surface area contributed by atoms with E-state index < -0.39 is 0 Å². The van der Waals surface area contributed by atoms with Gasteiger partial charge in [-0.05, 0) is 66.8 Å². The number of likely N-dealkylation sites (tertiary alicyclic amines) is 2. The fourth-order valence-electron chi connectivity index (χ4n) is 6.41. The van der Waals surface area contributed by atoms with Crippen LogP contribution in [0.25, 0.3) is 33.2 Å². The number of carbonyl (C=O) groups is 2. The van der Waals surface area contributed by atoms with E-state index in [0.717, 1.165) is 66.6 Å². The van der Waals surface area contributed by atoms with Crippen molar-refractivity contribution in [2.24, 2.45) is 0 Å². The molecule has 0 spiro atoms. The average molecular weight is 499 g/mol. The lowest BCUT2D eigenvalue weighted by atomic mass is 9.87. The highest BCUT2D eigenvalue weighted by Crippen LogP contribution is 2.40. The molecule has 0 radical (unpaired) electrons. The summed E-state index contributed by atoms with van der Waals surface area (Å²) < 4.78 is 0. The minimum absolute atomic E-state index is 0.00568. The first kappa shape index (κ1) is 23.7. The summed E-state index contributed by atoms with van der Waals surface area (Å²) in [6.07, 6.45) is 7.25. The fourth-order valence-corrected chi connectivity index (χ4v) is 6.41. The van der Waals surface area contributed by atoms with Crippen molar-refractivity contribution in [2.45, 2.75) is 64.3 Å². The van der Waals surface area contributed by atoms with Crippen LogP contribution in [0.15, 0.2) is 36.7 Å². The van der Waals surface area contributed by atoms with Crippen LogP contribution in [-0.4, -0.2) is 67.5 Å². The number of hydrogen-bond acceptors (Lipinski definition) is 4. The number of nitrogens with one attached hydrogen (secondary N) is 2. The summed E-state index contributed by atoms with van der Waals surface area (Å²) in [6.45, 7) is 8.24. The SMILES string of the molecule is CC(=O)N1CCCC1C(=O)N1CCC(c2ccc3[nH]c(-c4ccnc5[nH]ncc45)c(C(C)C)c3c2)CC1. The van der Waals surface area contributed by atoms with Crippen molar-refractivity contribution in [1.29, 1.82) is 0 Å². The van der Waals surface area contributed by atoms with Crippen LogP contribution in [0.4, 0.5) is 0 Å². The maximum absolute atomic E-state index is 13.2. The van der Waals surface area contributed by atoms with Gasteiger partial charge in [-0.3, -0.25) is 14.7 Å². The van der Waals surface area contributed by atoms with Crippen molar-refractivity contribution in [2.75, 3.05) is 19.6 Å². The van der Waals surface area contributed by atoms with E-state index in [2.05, 4.69) is 58.3 Å². The first-order chi connectivity index (χ1) is 17.9. The number of nitrogens with zero attached hydrogens (tertiary/aromatic N) is 4. The van der Waals surface area contributed by atoms with Gasteiger partial charge < -0.3 is 14.8 Å². The molecule has 1 aromatic carbocycles. The van der Waals surface area contributed by atoms with Crippen molar-refractivity contribution in [3.63, 3.8) is 0 Å². The lowest BCUT2D eigenvalue weighted by Gasteiger charge is -2.35. The van der Waals surface area contributed by atoms with Crippen molar-refractivity contribution in [3.8, 4) is 11.3 Å². The number of fused-ring (bicyclic) bond motifs is 2. The predicted molar refractivity (Wildman–Crippen MR) is 144 cm³/mol. The van der Waals surface area contributed by atoms with Crippen LogP contribution >= 0.6 is 0 Å². The normalized spacial score (nSPS) is 19.0. The van der Waals surface area contributed by atoms with Gasteiger partial charge in [-0.1, -0.05) is 19.9 Å². The number of hydrogen-bond donors (Lipinski definition) is 2. The molecule has 3 aromatic heterocycles. The third-order valence-electron chi connectivity index (χ3n) is 8.28. The highest BCUT2D eigenvalue weighted by Gasteiger charge is 2.36. The summed E-state index contributed by atoms with van der Waals surface area (Å²) in [7, 11) is 0. The van der Waals surface area contributed by atoms with Gasteiger partial charge in [0.15, 0.2) is 5.65 Å². The molecule has 1 unspecified atom stereocenters. The van der Waals surface area contributed by atoms with E-state index in [0.29, 0.717) is 18.4 Å². The van der Waals surface area contributed by atoms with E-state index in [4.69, 9.17) is 0 Å². The first-order valence-electron chi connectivity index (χ1n) is 13.4. The molecule has 192 valence electrons. The third-order valence-corrected chi connectivity index (χ3v) is 8.28. The number of amides is 2. The van der Waals surface area contributed by atoms with Crippen LogP contribution in [0.5, 0.6) is 0 Å². The van der Waals surface area contributed by atoms with Crippen LogP contribution in [0.2, 0.25) is 0 Å². The molecule has 37 heavy (non-hydrogen) atoms. The van der Waals surface area contributed by atoms with Gasteiger partial charge in [-0.25, -0.2) is 4.98 Å². The Morgan fingerprint density at radius 2 is 1.86 bits per heavy atom. The van der Waals surface area contributed by atoms with Gasteiger partial charge in [0, 0.05) is 54.6 Å². The second-order valence-electron chi connectivity index (χ2n) is 10.8. The highest BCUT2D eigenvalue weighted by molar-refractivity contribution is 5.98. The molecule has 0 aliphatic carbocycles. The van der Waals surface area contributed by atoms with E-state index >= 15 is 0 Å². The van der Waals surface area contributed by atoms with Crippen molar-refractivity contribution in [1.82, 2.24) is 30.0 Å². The molecule has 4 aromatic rings. The largest absolute Gasteiger partial charge is 0.354 e. The summed E-state index contributed by atoms with van der Waals surface area (Å²) in [5.74, 6) is 0.887. The molecule has 8 heteroatoms. The maximum Gasteiger partial charge on any atom is 0.245 e. The highest BCUT2D eigenvalue weighted by atomic mass is 16.2. The monoisotopic (exact) mass is 498 g/mol. The van der Waals surface area contributed by atoms with Crippen molar-refractivity contribution in [3.05, 3.63) is 47.8 Å². The Balaban J connectivity index is 1.26. The van der Waals surface area contributed by atoms with Gasteiger partial charge in [-0.2, -0.15) is 5.10 Å². The van der Waals surface area contributed by atoms with E-state index in [9.17, 15) is 9.59 Å². The molecule has 2 amide bonds. The summed E-state index contributed by atoms with van der Waals surface area (Å²) in [5.41, 5.74) is 6.80. The Labute approximate surface area is 216 Å². The van der Waals surface area contributed by atoms with Gasteiger partial charge >= 0.3 is 0 Å². The molecule has 0 saturated carbocycles. The second-order valence-corrected chi connectivity index (χ2v) is 10.8. The van der Waals surface area contributed by atoms with Gasteiger partial charge in [0.05, 0.1) is 11.9 Å². The zero-order valence-electron chi connectivity index (χ0n) is 21.8. The predicted octanol–water partition coefficient (Wildman–Crippen LogP) is 4.95. The van der Waals surface area contributed by atoms with E-state index in [1.807, 2.05) is 17.3 Å². The van der Waals surface area contributed by atoms with Gasteiger partial charge in [0.25, 0.3) is 0 Å². The van der Waals surface area contributed by atoms with Crippen LogP contribution in [0.3, 0.4) is 0 Å². The quantitative estimate of drug-likeness (QED) is 0.416. The molecule has 2 saturated heterocycles. The molecule has 0 bridgehead atoms. The lowest BCUT2D eigenvalue weighted by molar-refractivity contribution is -0.143. The summed E-state index contributed by atoms with van der Waals surface area (Å²) >= 11 is 0. The molecular weight excluding hydrogens is 464 g/mol. The number of rotatable bonds is 4. The van der Waals surface area contributed by atoms with E-state index in [1.54, 1.807) is 11.8 Å². The first-order valence-corrected chi connectivity index (χ1v) is 13.4. The smallest absolute Gasteiger partial charge is 0.245 e. The standard InChI is InChI=1S/C29H34N6O2/c1-17(2)26-22-15-20(6-7-24(22)32-27(26)21-8-11-30-28-23(21)16-31-33-28)19-9-13-34(14-10-19)29(37)25-5-4-12-35(25)18(3)36/h6-8,11,15-17,19,25,32H,4-5,9-10,12-14H2,1-3H3,(H,30,31,33). The number of pyridine rings is 1. The number of benzene rings is 1. The topological polar surface area (TPSA) is 98.0 Å². The Kier molecular flexibility index (Phi) is 5.97. The van der Waals surface area contributed by atoms with Crippen LogP contribution < -0.4 is 0 Å². The molecule has 8 nitrogen and oxygen atoms in total. The van der Waals surface area contributed by atoms with Crippen molar-refractivity contribution >= 4 is 33.8 Å². The molecular formula is C29H34N6O2. The van der Waals surface area contributed by atoms with Crippen molar-refractivity contribution < 1.29 is 9.59 Å². The molecule has 2 aliphatic heterocycles. The van der Waals surface area contributed by atoms with Gasteiger partial charge in [-0.15, -0.1) is 0 Å². The van der Waals surface area contributed by atoms with Gasteiger partial charge in [0.1, 0.15) is 6.04 Å². The summed E-state index contributed by atoms with van der Waals surface area (Å²) in [5, 5.41) is 9.45. The molecule has 2 fully saturated rings. The zero-order valence-corrected chi connectivity index (χ0v) is 21.8. The Morgan fingerprint density at radius 3 is 2.62 bits per heavy atom. The van der Waals surface area contributed by atoms with E-state index in [1.165, 1.54) is 16.5 Å². The van der Waals surface area contributed by atoms with Crippen LogP contribution in [0, 0.1) is 0 Å². The number of aromatic amines is 2.